The van der Waals surface area contributed by atoms with Gasteiger partial charge in [0, 0.05) is 18.0 Å². The van der Waals surface area contributed by atoms with E-state index in [2.05, 4.69) is 10.2 Å². The Labute approximate surface area is 224 Å². The van der Waals surface area contributed by atoms with Crippen LogP contribution in [0.15, 0.2) is 24.0 Å². The van der Waals surface area contributed by atoms with E-state index < -0.39 is 53.1 Å². The second-order valence-electron chi connectivity index (χ2n) is 10.8. The molecule has 4 aliphatic rings. The van der Waals surface area contributed by atoms with Crippen LogP contribution >= 0.6 is 0 Å². The number of carbonyl (C=O) groups is 4. The zero-order valence-electron chi connectivity index (χ0n) is 21.9. The first-order chi connectivity index (χ1) is 18.4. The number of aliphatic carboxylic acids is 1. The second kappa shape index (κ2) is 9.53. The van der Waals surface area contributed by atoms with Crippen LogP contribution in [0.25, 0.3) is 0 Å². The molecule has 1 amide bonds. The van der Waals surface area contributed by atoms with E-state index in [1.54, 1.807) is 12.1 Å². The molecular weight excluding hydrogens is 512 g/mol. The van der Waals surface area contributed by atoms with E-state index in [0.717, 1.165) is 11.1 Å². The molecule has 1 fully saturated rings. The number of amides is 1. The van der Waals surface area contributed by atoms with Gasteiger partial charge in [-0.3, -0.25) is 19.2 Å². The van der Waals surface area contributed by atoms with Crippen molar-refractivity contribution < 1.29 is 48.7 Å². The van der Waals surface area contributed by atoms with Gasteiger partial charge < -0.3 is 39.7 Å². The number of nitrogens with zero attached hydrogens (tertiary/aromatic N) is 1. The third-order valence-corrected chi connectivity index (χ3v) is 8.52. The molecule has 1 aromatic rings. The van der Waals surface area contributed by atoms with Gasteiger partial charge in [-0.2, -0.15) is 0 Å². The van der Waals surface area contributed by atoms with Crippen LogP contribution in [0.3, 0.4) is 0 Å². The van der Waals surface area contributed by atoms with Crippen LogP contribution < -0.4 is 10.1 Å². The van der Waals surface area contributed by atoms with Crippen LogP contribution in [0.5, 0.6) is 11.5 Å². The zero-order chi connectivity index (χ0) is 28.3. The third-order valence-electron chi connectivity index (χ3n) is 8.52. The average Bonchev–Trinajstić information content (AvgIpc) is 3.24. The van der Waals surface area contributed by atoms with E-state index >= 15 is 0 Å². The molecule has 2 heterocycles. The van der Waals surface area contributed by atoms with Crippen LogP contribution in [-0.2, 0) is 40.5 Å². The van der Waals surface area contributed by atoms with Crippen molar-refractivity contribution in [1.29, 1.82) is 0 Å². The van der Waals surface area contributed by atoms with E-state index in [9.17, 15) is 29.4 Å². The standard InChI is InChI=1S/C27H32N2O10/c1-13(25(34)35)28-24(33)14(2)37-19(31)6-7-20(32)38-17-8-9-27(36)18-12-15-4-5-16(30)22-21(15)26(27,23(17)39-22)10-11-29(18)3/h4-5,8,13-14,18,23,30,36H,6-7,9-12H2,1-3H3,(H,28,33)(H,34,35)/t13-,14-,18-,23-,26-,27+/m0/s1. The minimum absolute atomic E-state index is 0.0402. The maximum absolute atomic E-state index is 12.8. The van der Waals surface area contributed by atoms with Gasteiger partial charge in [-0.1, -0.05) is 6.07 Å². The number of nitrogens with one attached hydrogen (secondary N) is 1. The molecule has 2 bridgehead atoms. The number of carbonyl (C=O) groups excluding carboxylic acids is 3. The number of hydrogen-bond acceptors (Lipinski definition) is 10. The summed E-state index contributed by atoms with van der Waals surface area (Å²) >= 11 is 0. The molecule has 6 atom stereocenters. The fraction of sp³-hybridized carbons (Fsp3) is 0.556. The van der Waals surface area contributed by atoms with Crippen molar-refractivity contribution in [1.82, 2.24) is 10.2 Å². The molecule has 1 saturated heterocycles. The Morgan fingerprint density at radius 3 is 2.64 bits per heavy atom. The number of piperidine rings is 1. The van der Waals surface area contributed by atoms with E-state index in [1.165, 1.54) is 13.8 Å². The van der Waals surface area contributed by atoms with Crippen molar-refractivity contribution in [3.05, 3.63) is 35.1 Å². The van der Waals surface area contributed by atoms with Gasteiger partial charge >= 0.3 is 17.9 Å². The fourth-order valence-corrected chi connectivity index (χ4v) is 6.53. The van der Waals surface area contributed by atoms with E-state index in [0.29, 0.717) is 25.1 Å². The number of benzene rings is 1. The summed E-state index contributed by atoms with van der Waals surface area (Å²) in [6.07, 6.45) is 0.231. The number of likely N-dealkylation sites (N-methyl/N-ethyl adjacent to an activating group) is 1. The number of esters is 2. The van der Waals surface area contributed by atoms with E-state index in [-0.39, 0.29) is 36.8 Å². The first kappa shape index (κ1) is 26.9. The topological polar surface area (TPSA) is 172 Å². The lowest BCUT2D eigenvalue weighted by molar-refractivity contribution is -0.169. The molecule has 0 saturated carbocycles. The van der Waals surface area contributed by atoms with Gasteiger partial charge in [-0.15, -0.1) is 0 Å². The summed E-state index contributed by atoms with van der Waals surface area (Å²) in [5, 5.41) is 33.8. The maximum atomic E-state index is 12.8. The van der Waals surface area contributed by atoms with Crippen LogP contribution in [0.2, 0.25) is 0 Å². The lowest BCUT2D eigenvalue weighted by Gasteiger charge is -2.61. The number of phenolic OH excluding ortho intramolecular Hbond substituents is 1. The fourth-order valence-electron chi connectivity index (χ4n) is 6.53. The summed E-state index contributed by atoms with van der Waals surface area (Å²) in [6, 6.07) is 2.10. The van der Waals surface area contributed by atoms with Crippen LogP contribution in [0.1, 0.15) is 50.7 Å². The lowest BCUT2D eigenvalue weighted by Crippen LogP contribution is -2.74. The Kier molecular flexibility index (Phi) is 6.58. The molecule has 210 valence electrons. The molecule has 12 nitrogen and oxygen atoms in total. The van der Waals surface area contributed by atoms with Gasteiger partial charge in [0.05, 0.1) is 23.9 Å². The Hall–Kier alpha value is -3.64. The highest BCUT2D eigenvalue weighted by molar-refractivity contribution is 5.88. The Morgan fingerprint density at radius 1 is 1.21 bits per heavy atom. The molecule has 1 spiro atoms. The van der Waals surface area contributed by atoms with Gasteiger partial charge in [0.15, 0.2) is 23.7 Å². The molecule has 0 unspecified atom stereocenters. The maximum Gasteiger partial charge on any atom is 0.325 e. The smallest absolute Gasteiger partial charge is 0.325 e. The lowest BCUT2D eigenvalue weighted by atomic mass is 9.50. The summed E-state index contributed by atoms with van der Waals surface area (Å²) in [4.78, 5) is 50.0. The SMILES string of the molecule is C[C@H](NC(=O)[C@H](C)OC(=O)CCC(=O)OC1=CC[C@@]2(O)[C@@H]3Cc4ccc(O)c5c4[C@@]2(CCN3C)[C@H]1O5)C(=O)O. The Balaban J connectivity index is 1.27. The predicted molar refractivity (Wildman–Crippen MR) is 133 cm³/mol. The highest BCUT2D eigenvalue weighted by Crippen LogP contribution is 2.65. The van der Waals surface area contributed by atoms with E-state index in [1.807, 2.05) is 13.1 Å². The molecule has 2 aliphatic heterocycles. The number of ether oxygens (including phenoxy) is 3. The quantitative estimate of drug-likeness (QED) is 0.336. The molecule has 2 aliphatic carbocycles. The minimum atomic E-state index is -1.25. The molecule has 5 rings (SSSR count). The number of likely N-dealkylation sites (tertiary alicyclic amines) is 1. The average molecular weight is 545 g/mol. The van der Waals surface area contributed by atoms with E-state index in [4.69, 9.17) is 19.3 Å². The van der Waals surface area contributed by atoms with Crippen molar-refractivity contribution in [3.8, 4) is 11.5 Å². The van der Waals surface area contributed by atoms with Gasteiger partial charge in [-0.25, -0.2) is 0 Å². The van der Waals surface area contributed by atoms with Crippen molar-refractivity contribution >= 4 is 23.8 Å². The highest BCUT2D eigenvalue weighted by atomic mass is 16.6. The Morgan fingerprint density at radius 2 is 1.92 bits per heavy atom. The van der Waals surface area contributed by atoms with Gasteiger partial charge in [0.25, 0.3) is 5.91 Å². The monoisotopic (exact) mass is 544 g/mol. The summed E-state index contributed by atoms with van der Waals surface area (Å²) < 4.78 is 16.9. The highest BCUT2D eigenvalue weighted by Gasteiger charge is 2.72. The van der Waals surface area contributed by atoms with Crippen LogP contribution in [0, 0.1) is 0 Å². The summed E-state index contributed by atoms with van der Waals surface area (Å²) in [5.74, 6) is -3.07. The van der Waals surface area contributed by atoms with Crippen molar-refractivity contribution in [2.24, 2.45) is 0 Å². The molecule has 0 radical (unpaired) electrons. The largest absolute Gasteiger partial charge is 0.504 e. The summed E-state index contributed by atoms with van der Waals surface area (Å²) in [5.41, 5.74) is -0.331. The number of carboxylic acids is 1. The molecule has 4 N–H and O–H groups in total. The summed E-state index contributed by atoms with van der Waals surface area (Å²) in [6.45, 7) is 3.26. The van der Waals surface area contributed by atoms with Gasteiger partial charge in [0.1, 0.15) is 11.8 Å². The summed E-state index contributed by atoms with van der Waals surface area (Å²) in [7, 11) is 1.97. The molecule has 1 aromatic carbocycles. The molecule has 0 aromatic heterocycles. The second-order valence-corrected chi connectivity index (χ2v) is 10.8. The zero-order valence-corrected chi connectivity index (χ0v) is 21.9. The molecular formula is C27H32N2O10. The first-order valence-electron chi connectivity index (χ1n) is 13.0. The predicted octanol–water partition coefficient (Wildman–Crippen LogP) is 0.514. The number of aliphatic hydroxyl groups is 1. The molecule has 12 heteroatoms. The van der Waals surface area contributed by atoms with Crippen molar-refractivity contribution in [2.45, 2.75) is 81.3 Å². The third kappa shape index (κ3) is 4.13. The number of hydrogen-bond donors (Lipinski definition) is 4. The normalized spacial score (nSPS) is 29.7. The van der Waals surface area contributed by atoms with Crippen molar-refractivity contribution in [2.75, 3.05) is 13.6 Å². The number of rotatable bonds is 8. The van der Waals surface area contributed by atoms with Crippen LogP contribution in [-0.4, -0.2) is 87.5 Å². The first-order valence-corrected chi connectivity index (χ1v) is 13.0. The van der Waals surface area contributed by atoms with Gasteiger partial charge in [0.2, 0.25) is 0 Å². The Bertz CT molecular complexity index is 1280. The van der Waals surface area contributed by atoms with Crippen LogP contribution in [0.4, 0.5) is 0 Å². The van der Waals surface area contributed by atoms with Gasteiger partial charge in [-0.05, 0) is 58.0 Å². The van der Waals surface area contributed by atoms with Crippen molar-refractivity contribution in [3.63, 3.8) is 0 Å². The number of carboxylic acid groups (broad SMARTS) is 1. The number of aromatic hydroxyl groups is 1. The molecule has 39 heavy (non-hydrogen) atoms. The number of phenols is 1. The minimum Gasteiger partial charge on any atom is -0.504 e.